The number of nitrogens with two attached hydrogens (primary N) is 1. The van der Waals surface area contributed by atoms with Crippen molar-refractivity contribution in [2.75, 3.05) is 6.26 Å². The summed E-state index contributed by atoms with van der Waals surface area (Å²) < 4.78 is 5.93. The molecule has 2 N–H and O–H groups in total. The van der Waals surface area contributed by atoms with Gasteiger partial charge < -0.3 is 10.5 Å². The second-order valence-electron chi connectivity index (χ2n) is 4.30. The third kappa shape index (κ3) is 3.32. The van der Waals surface area contributed by atoms with Crippen LogP contribution in [0.1, 0.15) is 18.1 Å². The Morgan fingerprint density at radius 3 is 2.45 bits per heavy atom. The lowest BCUT2D eigenvalue weighted by Crippen LogP contribution is -2.12. The third-order valence-corrected chi connectivity index (χ3v) is 4.00. The first-order valence-electron chi connectivity index (χ1n) is 6.39. The van der Waals surface area contributed by atoms with Gasteiger partial charge in [-0.15, -0.1) is 11.8 Å². The van der Waals surface area contributed by atoms with Crippen molar-refractivity contribution < 1.29 is 4.74 Å². The van der Waals surface area contributed by atoms with E-state index < -0.39 is 0 Å². The molecule has 2 aromatic carbocycles. The maximum absolute atomic E-state index is 5.93. The molecule has 0 unspecified atom stereocenters. The molecule has 0 aliphatic heterocycles. The summed E-state index contributed by atoms with van der Waals surface area (Å²) in [6, 6.07) is 13.9. The van der Waals surface area contributed by atoms with Crippen LogP contribution in [0.25, 0.3) is 0 Å². The lowest BCUT2D eigenvalue weighted by atomic mass is 10.1. The maximum atomic E-state index is 5.93. The molecule has 0 heterocycles. The summed E-state index contributed by atoms with van der Waals surface area (Å²) in [5.41, 5.74) is 7.91. The third-order valence-electron chi connectivity index (χ3n) is 3.01. The van der Waals surface area contributed by atoms with Gasteiger partial charge in [0.15, 0.2) is 0 Å². The van der Waals surface area contributed by atoms with Crippen LogP contribution in [0.3, 0.4) is 0 Å². The van der Waals surface area contributed by atoms with Crippen molar-refractivity contribution in [1.29, 1.82) is 0 Å². The Morgan fingerprint density at radius 2 is 1.90 bits per heavy atom. The van der Waals surface area contributed by atoms with Crippen molar-refractivity contribution >= 4 is 29.0 Å². The molecule has 4 heteroatoms. The minimum atomic E-state index is 0.357. The topological polar surface area (TPSA) is 35.2 Å². The SMILES string of the molecule is CCc1ccc(Oc2cccc(SC)c2C(N)=S)cc1. The largest absolute Gasteiger partial charge is 0.457 e. The van der Waals surface area contributed by atoms with E-state index in [1.165, 1.54) is 5.56 Å². The fraction of sp³-hybridized carbons (Fsp3) is 0.188. The van der Waals surface area contributed by atoms with Crippen molar-refractivity contribution in [2.45, 2.75) is 18.2 Å². The Balaban J connectivity index is 2.34. The normalized spacial score (nSPS) is 10.3. The van der Waals surface area contributed by atoms with Gasteiger partial charge in [-0.05, 0) is 42.5 Å². The number of ether oxygens (including phenoxy) is 1. The van der Waals surface area contributed by atoms with E-state index in [1.807, 2.05) is 36.6 Å². The average Bonchev–Trinajstić information content (AvgIpc) is 2.47. The van der Waals surface area contributed by atoms with Crippen LogP contribution in [0, 0.1) is 0 Å². The van der Waals surface area contributed by atoms with Gasteiger partial charge in [-0.25, -0.2) is 0 Å². The predicted octanol–water partition coefficient (Wildman–Crippen LogP) is 4.40. The van der Waals surface area contributed by atoms with Crippen molar-refractivity contribution in [3.05, 3.63) is 53.6 Å². The van der Waals surface area contributed by atoms with Crippen LogP contribution in [0.5, 0.6) is 11.5 Å². The minimum absolute atomic E-state index is 0.357. The van der Waals surface area contributed by atoms with Gasteiger partial charge in [-0.3, -0.25) is 0 Å². The fourth-order valence-corrected chi connectivity index (χ4v) is 2.83. The molecule has 0 radical (unpaired) electrons. The Kier molecular flexibility index (Phi) is 5.04. The van der Waals surface area contributed by atoms with Gasteiger partial charge in [0.25, 0.3) is 0 Å². The molecule has 0 aromatic heterocycles. The summed E-state index contributed by atoms with van der Waals surface area (Å²) in [4.78, 5) is 1.38. The van der Waals surface area contributed by atoms with Gasteiger partial charge in [0, 0.05) is 4.90 Å². The van der Waals surface area contributed by atoms with E-state index in [0.717, 1.165) is 22.6 Å². The van der Waals surface area contributed by atoms with E-state index in [0.29, 0.717) is 10.7 Å². The monoisotopic (exact) mass is 303 g/mol. The van der Waals surface area contributed by atoms with Crippen LogP contribution in [-0.2, 0) is 6.42 Å². The number of hydrogen-bond acceptors (Lipinski definition) is 3. The number of aryl methyl sites for hydroxylation is 1. The standard InChI is InChI=1S/C16H17NOS2/c1-3-11-7-9-12(10-8-11)18-13-5-4-6-14(20-2)15(13)16(17)19/h4-10H,3H2,1-2H3,(H2,17,19). The predicted molar refractivity (Wildman–Crippen MR) is 90.0 cm³/mol. The number of thiocarbonyl (C=S) groups is 1. The lowest BCUT2D eigenvalue weighted by Gasteiger charge is -2.13. The summed E-state index contributed by atoms with van der Waals surface area (Å²) in [5, 5.41) is 0. The van der Waals surface area contributed by atoms with Crippen LogP contribution in [0.2, 0.25) is 0 Å². The molecule has 0 atom stereocenters. The molecule has 0 bridgehead atoms. The highest BCUT2D eigenvalue weighted by molar-refractivity contribution is 7.98. The second kappa shape index (κ2) is 6.77. The Labute approximate surface area is 129 Å². The average molecular weight is 303 g/mol. The van der Waals surface area contributed by atoms with Gasteiger partial charge in [0.05, 0.1) is 5.56 Å². The molecule has 2 nitrogen and oxygen atoms in total. The van der Waals surface area contributed by atoms with E-state index in [1.54, 1.807) is 11.8 Å². The number of rotatable bonds is 5. The molecule has 0 aliphatic rings. The quantitative estimate of drug-likeness (QED) is 0.656. The van der Waals surface area contributed by atoms with Crippen LogP contribution >= 0.6 is 24.0 Å². The van der Waals surface area contributed by atoms with E-state index in [9.17, 15) is 0 Å². The van der Waals surface area contributed by atoms with Gasteiger partial charge in [-0.2, -0.15) is 0 Å². The summed E-state index contributed by atoms with van der Waals surface area (Å²) in [7, 11) is 0. The van der Waals surface area contributed by atoms with Crippen molar-refractivity contribution in [3.8, 4) is 11.5 Å². The second-order valence-corrected chi connectivity index (χ2v) is 5.59. The molecule has 0 amide bonds. The van der Waals surface area contributed by atoms with Crippen molar-refractivity contribution in [1.82, 2.24) is 0 Å². The molecule has 2 rings (SSSR count). The molecule has 0 fully saturated rings. The van der Waals surface area contributed by atoms with E-state index in [2.05, 4.69) is 19.1 Å². The zero-order valence-electron chi connectivity index (χ0n) is 11.6. The minimum Gasteiger partial charge on any atom is -0.457 e. The van der Waals surface area contributed by atoms with Crippen LogP contribution in [-0.4, -0.2) is 11.2 Å². The molecule has 0 saturated heterocycles. The van der Waals surface area contributed by atoms with Gasteiger partial charge in [0.1, 0.15) is 16.5 Å². The zero-order valence-corrected chi connectivity index (χ0v) is 13.2. The Hall–Kier alpha value is -1.52. The lowest BCUT2D eigenvalue weighted by molar-refractivity contribution is 0.480. The van der Waals surface area contributed by atoms with E-state index in [-0.39, 0.29) is 0 Å². The highest BCUT2D eigenvalue weighted by Crippen LogP contribution is 2.32. The number of benzene rings is 2. The van der Waals surface area contributed by atoms with Crippen LogP contribution in [0.4, 0.5) is 0 Å². The summed E-state index contributed by atoms with van der Waals surface area (Å²) >= 11 is 6.75. The molecule has 104 valence electrons. The van der Waals surface area contributed by atoms with Crippen LogP contribution < -0.4 is 10.5 Å². The van der Waals surface area contributed by atoms with Crippen molar-refractivity contribution in [2.24, 2.45) is 5.73 Å². The Bertz CT molecular complexity index is 608. The number of thioether (sulfide) groups is 1. The Morgan fingerprint density at radius 1 is 1.20 bits per heavy atom. The summed E-state index contributed by atoms with van der Waals surface area (Å²) in [6.45, 7) is 2.13. The molecule has 0 aliphatic carbocycles. The first-order valence-corrected chi connectivity index (χ1v) is 8.02. The molecule has 0 spiro atoms. The molecule has 20 heavy (non-hydrogen) atoms. The van der Waals surface area contributed by atoms with E-state index >= 15 is 0 Å². The fourth-order valence-electron chi connectivity index (χ4n) is 1.93. The summed E-state index contributed by atoms with van der Waals surface area (Å²) in [6.07, 6.45) is 3.01. The van der Waals surface area contributed by atoms with Gasteiger partial charge in [-0.1, -0.05) is 37.3 Å². The first kappa shape index (κ1) is 14.9. The summed E-state index contributed by atoms with van der Waals surface area (Å²) in [5.74, 6) is 1.49. The van der Waals surface area contributed by atoms with E-state index in [4.69, 9.17) is 22.7 Å². The van der Waals surface area contributed by atoms with Gasteiger partial charge in [0.2, 0.25) is 0 Å². The van der Waals surface area contributed by atoms with Crippen LogP contribution in [0.15, 0.2) is 47.4 Å². The molecule has 0 saturated carbocycles. The molecular formula is C16H17NOS2. The maximum Gasteiger partial charge on any atom is 0.138 e. The highest BCUT2D eigenvalue weighted by Gasteiger charge is 2.12. The van der Waals surface area contributed by atoms with Gasteiger partial charge >= 0.3 is 0 Å². The first-order chi connectivity index (χ1) is 9.65. The number of hydrogen-bond donors (Lipinski definition) is 1. The molecule has 2 aromatic rings. The van der Waals surface area contributed by atoms with Crippen molar-refractivity contribution in [3.63, 3.8) is 0 Å². The molecular weight excluding hydrogens is 286 g/mol. The zero-order chi connectivity index (χ0) is 14.5. The highest BCUT2D eigenvalue weighted by atomic mass is 32.2. The smallest absolute Gasteiger partial charge is 0.138 e.